The molecule has 0 bridgehead atoms. The van der Waals surface area contributed by atoms with Crippen LogP contribution in [0.3, 0.4) is 0 Å². The van der Waals surface area contributed by atoms with E-state index in [0.29, 0.717) is 16.8 Å². The van der Waals surface area contributed by atoms with Gasteiger partial charge in [-0.15, -0.1) is 0 Å². The molecular weight excluding hydrogens is 232 g/mol. The number of hydrogen-bond donors (Lipinski definition) is 1. The second kappa shape index (κ2) is 5.80. The number of nitrogens with zero attached hydrogens (tertiary/aromatic N) is 1. The summed E-state index contributed by atoms with van der Waals surface area (Å²) in [6.07, 6.45) is 3.89. The third-order valence-corrected chi connectivity index (χ3v) is 4.22. The first-order valence-corrected chi connectivity index (χ1v) is 6.85. The first-order chi connectivity index (χ1) is 7.86. The summed E-state index contributed by atoms with van der Waals surface area (Å²) >= 11 is 5.04. The van der Waals surface area contributed by atoms with Gasteiger partial charge in [0.2, 0.25) is 5.91 Å². The Hall–Kier alpha value is -0.640. The first kappa shape index (κ1) is 14.4. The Morgan fingerprint density at radius 1 is 1.59 bits per heavy atom. The maximum Gasteiger partial charge on any atom is 0.222 e. The zero-order chi connectivity index (χ0) is 13.1. The highest BCUT2D eigenvalue weighted by Gasteiger charge is 2.30. The lowest BCUT2D eigenvalue weighted by molar-refractivity contribution is -0.127. The molecule has 0 spiro atoms. The maximum absolute atomic E-state index is 11.8. The third-order valence-electron chi connectivity index (χ3n) is 3.67. The molecule has 1 rings (SSSR count). The molecule has 3 nitrogen and oxygen atoms in total. The molecule has 0 aromatic heterocycles. The van der Waals surface area contributed by atoms with Crippen molar-refractivity contribution >= 4 is 23.1 Å². The first-order valence-electron chi connectivity index (χ1n) is 6.44. The lowest BCUT2D eigenvalue weighted by Gasteiger charge is -2.26. The molecule has 1 saturated heterocycles. The van der Waals surface area contributed by atoms with Crippen molar-refractivity contribution in [2.45, 2.75) is 46.5 Å². The lowest BCUT2D eigenvalue weighted by atomic mass is 9.89. The van der Waals surface area contributed by atoms with E-state index in [2.05, 4.69) is 6.92 Å². The van der Waals surface area contributed by atoms with Crippen molar-refractivity contribution in [1.29, 1.82) is 0 Å². The minimum absolute atomic E-state index is 0.154. The van der Waals surface area contributed by atoms with Gasteiger partial charge in [0.05, 0.1) is 4.99 Å². The van der Waals surface area contributed by atoms with Crippen molar-refractivity contribution < 1.29 is 4.79 Å². The number of carbonyl (C=O) groups excluding carboxylic acids is 1. The molecule has 1 aliphatic heterocycles. The van der Waals surface area contributed by atoms with Crippen LogP contribution in [0.1, 0.15) is 46.5 Å². The van der Waals surface area contributed by atoms with E-state index in [9.17, 15) is 4.79 Å². The SMILES string of the molecule is CCCC1CC(=O)N(CCC(C)(C)C(N)=S)C1. The molecule has 0 saturated carbocycles. The van der Waals surface area contributed by atoms with Gasteiger partial charge in [-0.05, 0) is 18.8 Å². The molecule has 0 aromatic rings. The fraction of sp³-hybridized carbons (Fsp3) is 0.846. The van der Waals surface area contributed by atoms with Crippen LogP contribution < -0.4 is 5.73 Å². The fourth-order valence-electron chi connectivity index (χ4n) is 2.21. The van der Waals surface area contributed by atoms with Crippen LogP contribution >= 0.6 is 12.2 Å². The van der Waals surface area contributed by atoms with Crippen LogP contribution in [0.2, 0.25) is 0 Å². The second-order valence-electron chi connectivity index (χ2n) is 5.70. The van der Waals surface area contributed by atoms with E-state index in [1.54, 1.807) is 0 Å². The second-order valence-corrected chi connectivity index (χ2v) is 6.14. The van der Waals surface area contributed by atoms with Crippen molar-refractivity contribution in [3.05, 3.63) is 0 Å². The summed E-state index contributed by atoms with van der Waals surface area (Å²) in [5.41, 5.74) is 5.54. The quantitative estimate of drug-likeness (QED) is 0.742. The van der Waals surface area contributed by atoms with Gasteiger partial charge in [0.25, 0.3) is 0 Å². The van der Waals surface area contributed by atoms with E-state index in [1.165, 1.54) is 0 Å². The van der Waals surface area contributed by atoms with Crippen molar-refractivity contribution in [1.82, 2.24) is 4.90 Å². The summed E-state index contributed by atoms with van der Waals surface area (Å²) in [6.45, 7) is 7.95. The van der Waals surface area contributed by atoms with Crippen molar-refractivity contribution in [2.24, 2.45) is 17.1 Å². The number of thiocarbonyl (C=S) groups is 1. The van der Waals surface area contributed by atoms with E-state index in [0.717, 1.165) is 38.8 Å². The number of hydrogen-bond acceptors (Lipinski definition) is 2. The van der Waals surface area contributed by atoms with Gasteiger partial charge in [-0.3, -0.25) is 4.79 Å². The number of carbonyl (C=O) groups is 1. The topological polar surface area (TPSA) is 46.3 Å². The molecule has 4 heteroatoms. The zero-order valence-electron chi connectivity index (χ0n) is 11.2. The summed E-state index contributed by atoms with van der Waals surface area (Å²) in [4.78, 5) is 14.3. The minimum Gasteiger partial charge on any atom is -0.393 e. The number of amides is 1. The molecule has 2 N–H and O–H groups in total. The average Bonchev–Trinajstić information content (AvgIpc) is 2.57. The highest BCUT2D eigenvalue weighted by atomic mass is 32.1. The average molecular weight is 256 g/mol. The van der Waals surface area contributed by atoms with Gasteiger partial charge in [-0.1, -0.05) is 39.4 Å². The molecule has 0 aromatic carbocycles. The molecule has 1 heterocycles. The molecule has 1 amide bonds. The number of nitrogens with two attached hydrogens (primary N) is 1. The lowest BCUT2D eigenvalue weighted by Crippen LogP contribution is -2.35. The predicted octanol–water partition coefficient (Wildman–Crippen LogP) is 2.34. The highest BCUT2D eigenvalue weighted by molar-refractivity contribution is 7.80. The van der Waals surface area contributed by atoms with Crippen LogP contribution in [0, 0.1) is 11.3 Å². The van der Waals surface area contributed by atoms with E-state index < -0.39 is 0 Å². The number of likely N-dealkylation sites (tertiary alicyclic amines) is 1. The molecular formula is C13H24N2OS. The Kier molecular flexibility index (Phi) is 4.92. The predicted molar refractivity (Wildman–Crippen MR) is 74.8 cm³/mol. The summed E-state index contributed by atoms with van der Waals surface area (Å²) in [7, 11) is 0. The molecule has 1 fully saturated rings. The van der Waals surface area contributed by atoms with E-state index >= 15 is 0 Å². The molecule has 0 aliphatic carbocycles. The minimum atomic E-state index is -0.154. The molecule has 98 valence electrons. The Morgan fingerprint density at radius 3 is 2.76 bits per heavy atom. The van der Waals surface area contributed by atoms with Crippen LogP contribution in [0.5, 0.6) is 0 Å². The van der Waals surface area contributed by atoms with Gasteiger partial charge >= 0.3 is 0 Å². The fourth-order valence-corrected chi connectivity index (χ4v) is 2.31. The van der Waals surface area contributed by atoms with Crippen molar-refractivity contribution in [3.63, 3.8) is 0 Å². The molecule has 0 radical (unpaired) electrons. The molecule has 17 heavy (non-hydrogen) atoms. The summed E-state index contributed by atoms with van der Waals surface area (Å²) in [5.74, 6) is 0.850. The number of rotatable bonds is 6. The van der Waals surface area contributed by atoms with Crippen LogP contribution in [-0.2, 0) is 4.79 Å². The van der Waals surface area contributed by atoms with Crippen LogP contribution in [0.4, 0.5) is 0 Å². The van der Waals surface area contributed by atoms with Crippen LogP contribution in [-0.4, -0.2) is 28.9 Å². The van der Waals surface area contributed by atoms with E-state index in [-0.39, 0.29) is 5.41 Å². The summed E-state index contributed by atoms with van der Waals surface area (Å²) < 4.78 is 0. The smallest absolute Gasteiger partial charge is 0.222 e. The largest absolute Gasteiger partial charge is 0.393 e. The molecule has 1 atom stereocenters. The highest BCUT2D eigenvalue weighted by Crippen LogP contribution is 2.26. The van der Waals surface area contributed by atoms with Gasteiger partial charge in [-0.2, -0.15) is 0 Å². The van der Waals surface area contributed by atoms with Crippen LogP contribution in [0.15, 0.2) is 0 Å². The Morgan fingerprint density at radius 2 is 2.24 bits per heavy atom. The van der Waals surface area contributed by atoms with E-state index in [4.69, 9.17) is 18.0 Å². The Labute approximate surface area is 110 Å². The van der Waals surface area contributed by atoms with Crippen LogP contribution in [0.25, 0.3) is 0 Å². The van der Waals surface area contributed by atoms with E-state index in [1.807, 2.05) is 18.7 Å². The molecule has 1 aliphatic rings. The Balaban J connectivity index is 2.43. The maximum atomic E-state index is 11.8. The zero-order valence-corrected chi connectivity index (χ0v) is 12.0. The van der Waals surface area contributed by atoms with Gasteiger partial charge in [0.15, 0.2) is 0 Å². The monoisotopic (exact) mass is 256 g/mol. The third kappa shape index (κ3) is 3.95. The van der Waals surface area contributed by atoms with Gasteiger partial charge in [-0.25, -0.2) is 0 Å². The Bertz CT molecular complexity index is 302. The van der Waals surface area contributed by atoms with Crippen molar-refractivity contribution in [3.8, 4) is 0 Å². The summed E-state index contributed by atoms with van der Waals surface area (Å²) in [6, 6.07) is 0. The molecule has 1 unspecified atom stereocenters. The summed E-state index contributed by atoms with van der Waals surface area (Å²) in [5, 5.41) is 0. The normalized spacial score (nSPS) is 21.0. The van der Waals surface area contributed by atoms with Crippen molar-refractivity contribution in [2.75, 3.05) is 13.1 Å². The van der Waals surface area contributed by atoms with Gasteiger partial charge in [0, 0.05) is 24.9 Å². The van der Waals surface area contributed by atoms with Gasteiger partial charge in [0.1, 0.15) is 0 Å². The standard InChI is InChI=1S/C13H24N2OS/c1-4-5-10-8-11(16)15(9-10)7-6-13(2,3)12(14)17/h10H,4-9H2,1-3H3,(H2,14,17). The van der Waals surface area contributed by atoms with Gasteiger partial charge < -0.3 is 10.6 Å².